The number of halogens is 1. The number of hydrogen-bond donors (Lipinski definition) is 2. The van der Waals surface area contributed by atoms with Crippen LogP contribution in [0.3, 0.4) is 0 Å². The Morgan fingerprint density at radius 2 is 1.73 bits per heavy atom. The molecule has 1 aliphatic carbocycles. The summed E-state index contributed by atoms with van der Waals surface area (Å²) in [5, 5.41) is 6.07. The van der Waals surface area contributed by atoms with E-state index in [0.717, 1.165) is 48.3 Å². The second-order valence-electron chi connectivity index (χ2n) is 16.2. The van der Waals surface area contributed by atoms with Gasteiger partial charge in [0.2, 0.25) is 11.8 Å². The van der Waals surface area contributed by atoms with Gasteiger partial charge in [-0.1, -0.05) is 25.5 Å². The van der Waals surface area contributed by atoms with Crippen molar-refractivity contribution in [2.45, 2.75) is 110 Å². The smallest absolute Gasteiger partial charge is 0.251 e. The third-order valence-corrected chi connectivity index (χ3v) is 12.6. The molecule has 3 fully saturated rings. The molecule has 1 saturated carbocycles. The molecule has 11 nitrogen and oxygen atoms in total. The Kier molecular flexibility index (Phi) is 9.90. The first-order chi connectivity index (χ1) is 26.5. The molecular weight excluding hydrogens is 696 g/mol. The Balaban J connectivity index is 1.19. The first-order valence-electron chi connectivity index (χ1n) is 20.3. The number of amides is 3. The number of carbonyl (C=O) groups excluding carboxylic acids is 3. The second kappa shape index (κ2) is 14.7. The normalized spacial score (nSPS) is 21.0. The summed E-state index contributed by atoms with van der Waals surface area (Å²) in [6.07, 6.45) is 9.12. The number of fused-ring (bicyclic) bond motifs is 3. The molecule has 0 atom stereocenters. The number of aromatic nitrogens is 3. The zero-order valence-corrected chi connectivity index (χ0v) is 32.8. The largest absolute Gasteiger partial charge is 0.352 e. The van der Waals surface area contributed by atoms with Gasteiger partial charge < -0.3 is 29.9 Å². The van der Waals surface area contributed by atoms with Crippen molar-refractivity contribution in [3.8, 4) is 11.3 Å². The SMILES string of the molecule is CCNC(=O)c1cc(Nc2nc(-c3ccc4c(c3)N([C@H]3C[C@@H](N5CCCCC5)C3)C(=O)C43CCN(C(=O)CC)CC3)cc3ncn(C(C)C)c23)c(F)cc1C. The van der Waals surface area contributed by atoms with Crippen LogP contribution in [-0.2, 0) is 15.0 Å². The second-order valence-corrected chi connectivity index (χ2v) is 16.2. The van der Waals surface area contributed by atoms with Gasteiger partial charge in [0.05, 0.1) is 28.6 Å². The summed E-state index contributed by atoms with van der Waals surface area (Å²) in [6, 6.07) is 11.8. The molecule has 0 bridgehead atoms. The van der Waals surface area contributed by atoms with Crippen molar-refractivity contribution in [3.63, 3.8) is 0 Å². The number of anilines is 3. The van der Waals surface area contributed by atoms with E-state index in [1.165, 1.54) is 25.3 Å². The van der Waals surface area contributed by atoms with Crippen molar-refractivity contribution < 1.29 is 18.8 Å². The first kappa shape index (κ1) is 37.1. The topological polar surface area (TPSA) is 116 Å². The highest BCUT2D eigenvalue weighted by atomic mass is 19.1. The third-order valence-electron chi connectivity index (χ3n) is 12.6. The lowest BCUT2D eigenvalue weighted by Gasteiger charge is -2.48. The summed E-state index contributed by atoms with van der Waals surface area (Å²) in [5.74, 6) is -0.0519. The van der Waals surface area contributed by atoms with E-state index in [4.69, 9.17) is 9.97 Å². The molecule has 2 aromatic carbocycles. The Hall–Kier alpha value is -4.84. The van der Waals surface area contributed by atoms with Crippen molar-refractivity contribution in [3.05, 3.63) is 65.2 Å². The molecule has 4 aromatic rings. The molecule has 55 heavy (non-hydrogen) atoms. The number of piperidine rings is 2. The molecule has 2 N–H and O–H groups in total. The van der Waals surface area contributed by atoms with Crippen LogP contribution in [0.15, 0.2) is 42.7 Å². The molecule has 12 heteroatoms. The molecule has 2 aromatic heterocycles. The van der Waals surface area contributed by atoms with Gasteiger partial charge in [0.25, 0.3) is 5.91 Å². The van der Waals surface area contributed by atoms with Gasteiger partial charge in [0.1, 0.15) is 11.3 Å². The van der Waals surface area contributed by atoms with Crippen LogP contribution in [0.2, 0.25) is 0 Å². The molecule has 0 radical (unpaired) electrons. The lowest BCUT2D eigenvalue weighted by molar-refractivity contribution is -0.135. The van der Waals surface area contributed by atoms with Crippen LogP contribution < -0.4 is 15.5 Å². The van der Waals surface area contributed by atoms with E-state index in [2.05, 4.69) is 46.4 Å². The zero-order chi connectivity index (χ0) is 38.6. The van der Waals surface area contributed by atoms with Crippen molar-refractivity contribution in [2.24, 2.45) is 0 Å². The van der Waals surface area contributed by atoms with Crippen LogP contribution in [-0.4, -0.2) is 86.9 Å². The van der Waals surface area contributed by atoms with E-state index in [1.807, 2.05) is 35.4 Å². The average Bonchev–Trinajstić information content (AvgIpc) is 3.70. The molecule has 2 saturated heterocycles. The van der Waals surface area contributed by atoms with Gasteiger partial charge in [0, 0.05) is 61.0 Å². The summed E-state index contributed by atoms with van der Waals surface area (Å²) in [4.78, 5) is 56.9. The Bertz CT molecular complexity index is 2140. The Morgan fingerprint density at radius 3 is 2.42 bits per heavy atom. The summed E-state index contributed by atoms with van der Waals surface area (Å²) < 4.78 is 17.6. The lowest BCUT2D eigenvalue weighted by atomic mass is 9.73. The highest BCUT2D eigenvalue weighted by Crippen LogP contribution is 2.52. The number of nitrogens with zero attached hydrogens (tertiary/aromatic N) is 6. The number of likely N-dealkylation sites (tertiary alicyclic amines) is 2. The monoisotopic (exact) mass is 748 g/mol. The van der Waals surface area contributed by atoms with E-state index in [-0.39, 0.29) is 35.5 Å². The van der Waals surface area contributed by atoms with Crippen molar-refractivity contribution in [1.82, 2.24) is 29.7 Å². The molecule has 290 valence electrons. The average molecular weight is 749 g/mol. The minimum absolute atomic E-state index is 0.0537. The van der Waals surface area contributed by atoms with Gasteiger partial charge >= 0.3 is 0 Å². The van der Waals surface area contributed by atoms with Gasteiger partial charge in [-0.2, -0.15) is 0 Å². The van der Waals surface area contributed by atoms with E-state index < -0.39 is 11.2 Å². The van der Waals surface area contributed by atoms with Gasteiger partial charge in [-0.15, -0.1) is 0 Å². The fraction of sp³-hybridized carbons (Fsp3) is 0.512. The number of rotatable bonds is 9. The quantitative estimate of drug-likeness (QED) is 0.185. The van der Waals surface area contributed by atoms with Crippen LogP contribution in [0.4, 0.5) is 21.6 Å². The summed E-state index contributed by atoms with van der Waals surface area (Å²) in [7, 11) is 0. The van der Waals surface area contributed by atoms with Crippen molar-refractivity contribution >= 4 is 45.9 Å². The maximum atomic E-state index is 15.6. The molecule has 8 rings (SSSR count). The Labute approximate surface area is 322 Å². The highest BCUT2D eigenvalue weighted by molar-refractivity contribution is 6.09. The summed E-state index contributed by atoms with van der Waals surface area (Å²) >= 11 is 0. The minimum atomic E-state index is -0.667. The molecule has 5 heterocycles. The summed E-state index contributed by atoms with van der Waals surface area (Å²) in [5.41, 5.74) is 5.25. The number of pyridine rings is 1. The molecule has 3 amide bonds. The predicted octanol–water partition coefficient (Wildman–Crippen LogP) is 7.25. The Morgan fingerprint density at radius 1 is 0.982 bits per heavy atom. The number of benzene rings is 2. The van der Waals surface area contributed by atoms with Crippen molar-refractivity contribution in [1.29, 1.82) is 0 Å². The number of carbonyl (C=O) groups is 3. The van der Waals surface area contributed by atoms with E-state index in [0.29, 0.717) is 73.1 Å². The van der Waals surface area contributed by atoms with E-state index in [1.54, 1.807) is 19.3 Å². The fourth-order valence-corrected chi connectivity index (χ4v) is 9.39. The number of aryl methyl sites for hydroxylation is 1. The zero-order valence-electron chi connectivity index (χ0n) is 32.8. The molecule has 1 spiro atoms. The molecule has 4 aliphatic rings. The van der Waals surface area contributed by atoms with Gasteiger partial charge in [-0.3, -0.25) is 14.4 Å². The van der Waals surface area contributed by atoms with Crippen LogP contribution >= 0.6 is 0 Å². The lowest BCUT2D eigenvalue weighted by Crippen LogP contribution is -2.58. The van der Waals surface area contributed by atoms with Crippen LogP contribution in [0.5, 0.6) is 0 Å². The maximum Gasteiger partial charge on any atom is 0.251 e. The molecule has 3 aliphatic heterocycles. The minimum Gasteiger partial charge on any atom is -0.352 e. The van der Waals surface area contributed by atoms with E-state index >= 15 is 4.39 Å². The highest BCUT2D eigenvalue weighted by Gasteiger charge is 2.55. The van der Waals surface area contributed by atoms with E-state index in [9.17, 15) is 14.4 Å². The van der Waals surface area contributed by atoms with Crippen LogP contribution in [0.1, 0.15) is 107 Å². The molecular formula is C43H53FN8O3. The first-order valence-corrected chi connectivity index (χ1v) is 20.3. The number of nitrogens with one attached hydrogen (secondary N) is 2. The molecule has 0 unspecified atom stereocenters. The number of imidazole rings is 1. The fourth-order valence-electron chi connectivity index (χ4n) is 9.39. The summed E-state index contributed by atoms with van der Waals surface area (Å²) in [6.45, 7) is 13.4. The van der Waals surface area contributed by atoms with Crippen molar-refractivity contribution in [2.75, 3.05) is 42.9 Å². The third kappa shape index (κ3) is 6.45. The van der Waals surface area contributed by atoms with Gasteiger partial charge in [0.15, 0.2) is 5.82 Å². The standard InChI is InChI=1S/C43H53FN8O3/c1-6-38(53)50-17-13-43(14-18-50)32-12-11-28(20-37(32)52(42(43)55)30-21-29(22-30)49-15-9-8-10-16-49)34-24-36-39(51(25-46-36)26(3)4)40(47-34)48-35-23-31(41(54)45-7-2)27(5)19-33(35)44/h11-12,19-20,23-26,29-30H,6-10,13-18,21-22H2,1-5H3,(H,45,54)(H,47,48)/t29-,30+. The van der Waals surface area contributed by atoms with Gasteiger partial charge in [-0.05, 0) is 115 Å². The van der Waals surface area contributed by atoms with Crippen LogP contribution in [0, 0.1) is 12.7 Å². The maximum absolute atomic E-state index is 15.6. The van der Waals surface area contributed by atoms with Gasteiger partial charge in [-0.25, -0.2) is 14.4 Å². The number of hydrogen-bond acceptors (Lipinski definition) is 7. The van der Waals surface area contributed by atoms with Crippen LogP contribution in [0.25, 0.3) is 22.3 Å². The predicted molar refractivity (Wildman–Crippen MR) is 213 cm³/mol.